The molecule has 0 aromatic carbocycles. The second-order valence-electron chi connectivity index (χ2n) is 5.71. The average Bonchev–Trinajstić information content (AvgIpc) is 2.20. The van der Waals surface area contributed by atoms with E-state index in [4.69, 9.17) is 10.5 Å². The summed E-state index contributed by atoms with van der Waals surface area (Å²) >= 11 is 0. The first-order valence-corrected chi connectivity index (χ1v) is 6.54. The Balaban J connectivity index is 2.34. The van der Waals surface area contributed by atoms with Crippen molar-refractivity contribution in [1.82, 2.24) is 4.90 Å². The summed E-state index contributed by atoms with van der Waals surface area (Å²) in [5.74, 6) is 1.27. The van der Waals surface area contributed by atoms with Gasteiger partial charge in [0.2, 0.25) is 0 Å². The minimum Gasteiger partial charge on any atom is -0.381 e. The largest absolute Gasteiger partial charge is 0.381 e. The Hall–Kier alpha value is -0.120. The highest BCUT2D eigenvalue weighted by atomic mass is 16.5. The highest BCUT2D eigenvalue weighted by Crippen LogP contribution is 2.17. The van der Waals surface area contributed by atoms with Crippen molar-refractivity contribution in [2.45, 2.75) is 45.7 Å². The lowest BCUT2D eigenvalue weighted by molar-refractivity contribution is 0.0238. The predicted octanol–water partition coefficient (Wildman–Crippen LogP) is 1.72. The molecule has 16 heavy (non-hydrogen) atoms. The van der Waals surface area contributed by atoms with Crippen molar-refractivity contribution >= 4 is 0 Å². The van der Waals surface area contributed by atoms with Gasteiger partial charge in [-0.3, -0.25) is 0 Å². The normalized spacial score (nSPS) is 28.7. The van der Waals surface area contributed by atoms with Gasteiger partial charge in [0.15, 0.2) is 0 Å². The van der Waals surface area contributed by atoms with E-state index in [-0.39, 0.29) is 0 Å². The molecule has 3 nitrogen and oxygen atoms in total. The van der Waals surface area contributed by atoms with Gasteiger partial charge >= 0.3 is 0 Å². The molecule has 96 valence electrons. The lowest BCUT2D eigenvalue weighted by Crippen LogP contribution is -2.46. The number of hydrogen-bond acceptors (Lipinski definition) is 3. The number of nitrogens with zero attached hydrogens (tertiary/aromatic N) is 1. The lowest BCUT2D eigenvalue weighted by Gasteiger charge is -2.34. The fourth-order valence-corrected chi connectivity index (χ4v) is 2.41. The van der Waals surface area contributed by atoms with Crippen LogP contribution in [0.1, 0.15) is 33.6 Å². The molecule has 1 rings (SSSR count). The third kappa shape index (κ3) is 4.40. The maximum absolute atomic E-state index is 6.12. The van der Waals surface area contributed by atoms with E-state index in [0.717, 1.165) is 32.1 Å². The van der Waals surface area contributed by atoms with Gasteiger partial charge in [0.1, 0.15) is 0 Å². The van der Waals surface area contributed by atoms with Crippen LogP contribution in [0.2, 0.25) is 0 Å². The molecule has 3 heteroatoms. The van der Waals surface area contributed by atoms with Gasteiger partial charge < -0.3 is 15.4 Å². The number of ether oxygens (including phenoxy) is 1. The van der Waals surface area contributed by atoms with Crippen LogP contribution >= 0.6 is 0 Å². The summed E-state index contributed by atoms with van der Waals surface area (Å²) in [5.41, 5.74) is 6.12. The second kappa shape index (κ2) is 6.58. The molecule has 1 saturated heterocycles. The molecular weight excluding hydrogens is 200 g/mol. The molecule has 1 aliphatic heterocycles. The Morgan fingerprint density at radius 3 is 2.62 bits per heavy atom. The summed E-state index contributed by atoms with van der Waals surface area (Å²) in [4.78, 5) is 2.43. The van der Waals surface area contributed by atoms with Crippen LogP contribution in [-0.2, 0) is 4.74 Å². The van der Waals surface area contributed by atoms with E-state index in [1.807, 2.05) is 0 Å². The van der Waals surface area contributed by atoms with E-state index in [9.17, 15) is 0 Å². The maximum Gasteiger partial charge on any atom is 0.0521 e. The van der Waals surface area contributed by atoms with E-state index in [0.29, 0.717) is 18.0 Å². The molecule has 0 aliphatic carbocycles. The smallest absolute Gasteiger partial charge is 0.0521 e. The Labute approximate surface area is 100 Å². The van der Waals surface area contributed by atoms with Gasteiger partial charge in [-0.1, -0.05) is 13.8 Å². The average molecular weight is 228 g/mol. The van der Waals surface area contributed by atoms with Crippen molar-refractivity contribution in [2.75, 3.05) is 26.8 Å². The highest BCUT2D eigenvalue weighted by Gasteiger charge is 2.25. The molecule has 0 radical (unpaired) electrons. The van der Waals surface area contributed by atoms with Crippen molar-refractivity contribution in [1.29, 1.82) is 0 Å². The number of nitrogens with two attached hydrogens (primary N) is 1. The van der Waals surface area contributed by atoms with Gasteiger partial charge in [-0.25, -0.2) is 0 Å². The third-order valence-corrected chi connectivity index (χ3v) is 3.62. The van der Waals surface area contributed by atoms with Gasteiger partial charge in [-0.15, -0.1) is 0 Å². The van der Waals surface area contributed by atoms with Crippen molar-refractivity contribution in [3.63, 3.8) is 0 Å². The number of hydrogen-bond donors (Lipinski definition) is 1. The summed E-state index contributed by atoms with van der Waals surface area (Å²) in [5, 5.41) is 0. The molecule has 0 aromatic rings. The lowest BCUT2D eigenvalue weighted by atomic mass is 9.95. The van der Waals surface area contributed by atoms with Crippen molar-refractivity contribution in [3.8, 4) is 0 Å². The second-order valence-corrected chi connectivity index (χ2v) is 5.71. The van der Waals surface area contributed by atoms with Crippen LogP contribution in [-0.4, -0.2) is 43.8 Å². The Morgan fingerprint density at radius 2 is 2.06 bits per heavy atom. The SMILES string of the molecule is CC(C)CC(C)N(C)CC1COCCC1N. The summed E-state index contributed by atoms with van der Waals surface area (Å²) in [6, 6.07) is 0.955. The molecule has 3 unspecified atom stereocenters. The molecule has 0 aromatic heterocycles. The highest BCUT2D eigenvalue weighted by molar-refractivity contribution is 4.80. The molecule has 0 saturated carbocycles. The minimum absolute atomic E-state index is 0.322. The predicted molar refractivity (Wildman–Crippen MR) is 68.4 cm³/mol. The van der Waals surface area contributed by atoms with Gasteiger partial charge in [-0.2, -0.15) is 0 Å². The van der Waals surface area contributed by atoms with Crippen molar-refractivity contribution in [2.24, 2.45) is 17.6 Å². The summed E-state index contributed by atoms with van der Waals surface area (Å²) in [6.45, 7) is 9.59. The first-order valence-electron chi connectivity index (χ1n) is 6.54. The fourth-order valence-electron chi connectivity index (χ4n) is 2.41. The topological polar surface area (TPSA) is 38.5 Å². The van der Waals surface area contributed by atoms with Crippen molar-refractivity contribution in [3.05, 3.63) is 0 Å². The first-order chi connectivity index (χ1) is 7.50. The maximum atomic E-state index is 6.12. The van der Waals surface area contributed by atoms with Crippen LogP contribution < -0.4 is 5.73 Å². The van der Waals surface area contributed by atoms with Crippen LogP contribution in [0.15, 0.2) is 0 Å². The molecule has 2 N–H and O–H groups in total. The molecule has 0 amide bonds. The molecule has 0 spiro atoms. The summed E-state index contributed by atoms with van der Waals surface area (Å²) in [6.07, 6.45) is 2.26. The molecule has 1 aliphatic rings. The molecule has 3 atom stereocenters. The van der Waals surface area contributed by atoms with E-state index < -0.39 is 0 Å². The van der Waals surface area contributed by atoms with Gasteiger partial charge in [-0.05, 0) is 32.7 Å². The standard InChI is InChI=1S/C13H28N2O/c1-10(2)7-11(3)15(4)8-12-9-16-6-5-13(12)14/h10-13H,5-9,14H2,1-4H3. The molecule has 1 fully saturated rings. The monoisotopic (exact) mass is 228 g/mol. The first kappa shape index (κ1) is 13.9. The van der Waals surface area contributed by atoms with E-state index >= 15 is 0 Å². The van der Waals surface area contributed by atoms with Gasteiger partial charge in [0.25, 0.3) is 0 Å². The molecular formula is C13H28N2O. The van der Waals surface area contributed by atoms with E-state index in [1.165, 1.54) is 6.42 Å². The van der Waals surface area contributed by atoms with Crippen LogP contribution in [0.3, 0.4) is 0 Å². The zero-order valence-electron chi connectivity index (χ0n) is 11.3. The number of rotatable bonds is 5. The minimum atomic E-state index is 0.322. The third-order valence-electron chi connectivity index (χ3n) is 3.62. The van der Waals surface area contributed by atoms with Crippen LogP contribution in [0.25, 0.3) is 0 Å². The van der Waals surface area contributed by atoms with Gasteiger partial charge in [0, 0.05) is 31.2 Å². The van der Waals surface area contributed by atoms with Crippen LogP contribution in [0.4, 0.5) is 0 Å². The summed E-state index contributed by atoms with van der Waals surface area (Å²) in [7, 11) is 2.20. The summed E-state index contributed by atoms with van der Waals surface area (Å²) < 4.78 is 5.51. The van der Waals surface area contributed by atoms with Gasteiger partial charge in [0.05, 0.1) is 6.61 Å². The van der Waals surface area contributed by atoms with Crippen LogP contribution in [0.5, 0.6) is 0 Å². The van der Waals surface area contributed by atoms with Crippen molar-refractivity contribution < 1.29 is 4.74 Å². The zero-order chi connectivity index (χ0) is 12.1. The quantitative estimate of drug-likeness (QED) is 0.778. The van der Waals surface area contributed by atoms with E-state index in [1.54, 1.807) is 0 Å². The Morgan fingerprint density at radius 1 is 1.38 bits per heavy atom. The van der Waals surface area contributed by atoms with Crippen LogP contribution in [0, 0.1) is 11.8 Å². The molecule has 0 bridgehead atoms. The Kier molecular flexibility index (Phi) is 5.73. The Bertz CT molecular complexity index is 196. The zero-order valence-corrected chi connectivity index (χ0v) is 11.3. The van der Waals surface area contributed by atoms with E-state index in [2.05, 4.69) is 32.7 Å². The fraction of sp³-hybridized carbons (Fsp3) is 1.00. The molecule has 1 heterocycles.